The molecule has 0 saturated carbocycles. The predicted octanol–water partition coefficient (Wildman–Crippen LogP) is 3.59. The van der Waals surface area contributed by atoms with E-state index in [2.05, 4.69) is 5.32 Å². The quantitative estimate of drug-likeness (QED) is 0.538. The highest BCUT2D eigenvalue weighted by Gasteiger charge is 2.29. The summed E-state index contributed by atoms with van der Waals surface area (Å²) in [6.07, 6.45) is 1.64. The number of hydrogen-bond donors (Lipinski definition) is 3. The van der Waals surface area contributed by atoms with Gasteiger partial charge in [0.2, 0.25) is 5.75 Å². The molecular weight excluding hydrogens is 409 g/mol. The highest BCUT2D eigenvalue weighted by molar-refractivity contribution is 7.46. The van der Waals surface area contributed by atoms with E-state index in [0.29, 0.717) is 22.8 Å². The van der Waals surface area contributed by atoms with Crippen molar-refractivity contribution in [1.82, 2.24) is 5.32 Å². The molecule has 0 amide bonds. The highest BCUT2D eigenvalue weighted by atomic mass is 31.2. The number of phosphoric acid groups is 1. The Hall–Kier alpha value is -2.09. The van der Waals surface area contributed by atoms with E-state index in [1.165, 1.54) is 0 Å². The van der Waals surface area contributed by atoms with Crippen molar-refractivity contribution in [2.45, 2.75) is 32.4 Å². The standard InChI is InChI=1S/C21H28NO7P/c1-5-22-17-9-7-14-11-18(26-2)20(27-3)21(28-4)19(14)15-8-6-13(10-16(15)17)12-29-30(23,24)25/h6,8,10-11,17,22H,5,7,9,12H2,1-4H3,(H2,23,24,25)/t17-/m0/s1. The number of nitrogens with one attached hydrogen (secondary N) is 1. The molecule has 1 atom stereocenters. The number of rotatable bonds is 8. The first-order valence-corrected chi connectivity index (χ1v) is 11.2. The Morgan fingerprint density at radius 2 is 1.83 bits per heavy atom. The molecule has 2 aromatic carbocycles. The van der Waals surface area contributed by atoms with Crippen molar-refractivity contribution in [3.63, 3.8) is 0 Å². The summed E-state index contributed by atoms with van der Waals surface area (Å²) in [6.45, 7) is 2.66. The van der Waals surface area contributed by atoms with Gasteiger partial charge >= 0.3 is 7.82 Å². The number of hydrogen-bond acceptors (Lipinski definition) is 6. The largest absolute Gasteiger partial charge is 0.493 e. The van der Waals surface area contributed by atoms with E-state index < -0.39 is 7.82 Å². The number of benzene rings is 2. The van der Waals surface area contributed by atoms with E-state index in [9.17, 15) is 4.57 Å². The molecule has 0 spiro atoms. The molecule has 0 aliphatic heterocycles. The first-order chi connectivity index (χ1) is 14.3. The second-order valence-corrected chi connectivity index (χ2v) is 8.25. The maximum Gasteiger partial charge on any atom is 0.469 e. The topological polar surface area (TPSA) is 106 Å². The lowest BCUT2D eigenvalue weighted by atomic mass is 9.92. The van der Waals surface area contributed by atoms with Crippen LogP contribution in [0.2, 0.25) is 0 Å². The third-order valence-corrected chi connectivity index (χ3v) is 5.69. The smallest absolute Gasteiger partial charge is 0.469 e. The van der Waals surface area contributed by atoms with E-state index in [-0.39, 0.29) is 12.6 Å². The van der Waals surface area contributed by atoms with Crippen LogP contribution in [0.15, 0.2) is 24.3 Å². The summed E-state index contributed by atoms with van der Waals surface area (Å²) in [5, 5.41) is 3.51. The average Bonchev–Trinajstić information content (AvgIpc) is 2.87. The Bertz CT molecular complexity index is 957. The van der Waals surface area contributed by atoms with E-state index in [0.717, 1.165) is 41.6 Å². The molecule has 0 saturated heterocycles. The van der Waals surface area contributed by atoms with Gasteiger partial charge in [-0.05, 0) is 47.7 Å². The van der Waals surface area contributed by atoms with Gasteiger partial charge in [-0.2, -0.15) is 0 Å². The molecule has 0 fully saturated rings. The molecule has 3 rings (SSSR count). The molecule has 0 aromatic heterocycles. The Morgan fingerprint density at radius 1 is 1.10 bits per heavy atom. The zero-order valence-electron chi connectivity index (χ0n) is 17.6. The highest BCUT2D eigenvalue weighted by Crippen LogP contribution is 2.50. The Kier molecular flexibility index (Phi) is 7.06. The molecule has 3 N–H and O–H groups in total. The van der Waals surface area contributed by atoms with Crippen LogP contribution >= 0.6 is 7.82 Å². The van der Waals surface area contributed by atoms with Crippen LogP contribution in [0, 0.1) is 0 Å². The van der Waals surface area contributed by atoms with E-state index >= 15 is 0 Å². The summed E-state index contributed by atoms with van der Waals surface area (Å²) in [5.74, 6) is 1.74. The van der Waals surface area contributed by atoms with Crippen molar-refractivity contribution in [1.29, 1.82) is 0 Å². The third-order valence-electron chi connectivity index (χ3n) is 5.22. The lowest BCUT2D eigenvalue weighted by Crippen LogP contribution is -2.21. The van der Waals surface area contributed by atoms with E-state index in [1.54, 1.807) is 21.3 Å². The van der Waals surface area contributed by atoms with Crippen LogP contribution in [0.25, 0.3) is 11.1 Å². The van der Waals surface area contributed by atoms with Gasteiger partial charge in [-0.25, -0.2) is 4.57 Å². The SMILES string of the molecule is CCN[C@H]1CCc2cc(OC)c(OC)c(OC)c2-c2ccc(COP(=O)(O)O)cc21. The normalized spacial score (nSPS) is 15.7. The van der Waals surface area contributed by atoms with E-state index in [4.69, 9.17) is 28.5 Å². The Balaban J connectivity index is 2.19. The molecule has 0 heterocycles. The lowest BCUT2D eigenvalue weighted by Gasteiger charge is -2.21. The van der Waals surface area contributed by atoms with Gasteiger partial charge < -0.3 is 29.3 Å². The summed E-state index contributed by atoms with van der Waals surface area (Å²) in [7, 11) is 0.233. The second kappa shape index (κ2) is 9.37. The van der Waals surface area contributed by atoms with Gasteiger partial charge in [-0.3, -0.25) is 4.52 Å². The van der Waals surface area contributed by atoms with Gasteiger partial charge in [0.05, 0.1) is 27.9 Å². The Morgan fingerprint density at radius 3 is 2.43 bits per heavy atom. The van der Waals surface area contributed by atoms with Crippen molar-refractivity contribution in [3.05, 3.63) is 41.0 Å². The lowest BCUT2D eigenvalue weighted by molar-refractivity contribution is 0.189. The molecule has 164 valence electrons. The molecule has 9 heteroatoms. The first kappa shape index (κ1) is 22.6. The molecule has 2 aromatic rings. The molecule has 8 nitrogen and oxygen atoms in total. The molecular formula is C21H28NO7P. The fraction of sp³-hybridized carbons (Fsp3) is 0.429. The monoisotopic (exact) mass is 437 g/mol. The summed E-state index contributed by atoms with van der Waals surface area (Å²) < 4.78 is 32.7. The summed E-state index contributed by atoms with van der Waals surface area (Å²) in [4.78, 5) is 18.1. The van der Waals surface area contributed by atoms with E-state index in [1.807, 2.05) is 31.2 Å². The Labute approximate surface area is 176 Å². The van der Waals surface area contributed by atoms with Crippen LogP contribution in [0.3, 0.4) is 0 Å². The molecule has 0 radical (unpaired) electrons. The fourth-order valence-corrected chi connectivity index (χ4v) is 4.31. The zero-order valence-corrected chi connectivity index (χ0v) is 18.5. The van der Waals surface area contributed by atoms with Crippen LogP contribution in [0.1, 0.15) is 36.1 Å². The minimum absolute atomic E-state index is 0.0640. The number of ether oxygens (including phenoxy) is 3. The van der Waals surface area contributed by atoms with Crippen molar-refractivity contribution in [2.24, 2.45) is 0 Å². The van der Waals surface area contributed by atoms with Gasteiger partial charge in [-0.15, -0.1) is 0 Å². The molecule has 1 aliphatic rings. The maximum atomic E-state index is 11.1. The van der Waals surface area contributed by atoms with Gasteiger partial charge in [0.15, 0.2) is 11.5 Å². The van der Waals surface area contributed by atoms with Crippen LogP contribution < -0.4 is 19.5 Å². The van der Waals surface area contributed by atoms with Crippen LogP contribution in [-0.4, -0.2) is 37.7 Å². The van der Waals surface area contributed by atoms with Gasteiger partial charge in [0, 0.05) is 11.6 Å². The van der Waals surface area contributed by atoms with Gasteiger partial charge in [0.1, 0.15) is 0 Å². The van der Waals surface area contributed by atoms with Gasteiger partial charge in [0.25, 0.3) is 0 Å². The number of fused-ring (bicyclic) bond motifs is 3. The van der Waals surface area contributed by atoms with Crippen molar-refractivity contribution < 1.29 is 33.1 Å². The van der Waals surface area contributed by atoms with Crippen molar-refractivity contribution >= 4 is 7.82 Å². The summed E-state index contributed by atoms with van der Waals surface area (Å²) in [6, 6.07) is 7.73. The number of aryl methyl sites for hydroxylation is 1. The average molecular weight is 437 g/mol. The maximum absolute atomic E-state index is 11.1. The number of phosphoric ester groups is 1. The minimum atomic E-state index is -4.55. The molecule has 0 bridgehead atoms. The van der Waals surface area contributed by atoms with Crippen LogP contribution in [0.4, 0.5) is 0 Å². The molecule has 1 aliphatic carbocycles. The first-order valence-electron chi connectivity index (χ1n) is 9.71. The zero-order chi connectivity index (χ0) is 21.9. The van der Waals surface area contributed by atoms with Crippen molar-refractivity contribution in [2.75, 3.05) is 27.9 Å². The summed E-state index contributed by atoms with van der Waals surface area (Å²) >= 11 is 0. The van der Waals surface area contributed by atoms with Gasteiger partial charge in [-0.1, -0.05) is 25.1 Å². The minimum Gasteiger partial charge on any atom is -0.493 e. The number of methoxy groups -OCH3 is 3. The molecule has 0 unspecified atom stereocenters. The van der Waals surface area contributed by atoms with Crippen LogP contribution in [-0.2, 0) is 22.1 Å². The van der Waals surface area contributed by atoms with Crippen LogP contribution in [0.5, 0.6) is 17.2 Å². The van der Waals surface area contributed by atoms with Crippen molar-refractivity contribution in [3.8, 4) is 28.4 Å². The predicted molar refractivity (Wildman–Crippen MR) is 113 cm³/mol. The second-order valence-electron chi connectivity index (χ2n) is 7.01. The summed E-state index contributed by atoms with van der Waals surface area (Å²) in [5.41, 5.74) is 4.71. The third kappa shape index (κ3) is 4.63. The fourth-order valence-electron chi connectivity index (χ4n) is 3.99. The molecule has 30 heavy (non-hydrogen) atoms.